The van der Waals surface area contributed by atoms with Gasteiger partial charge in [-0.2, -0.15) is 5.10 Å². The van der Waals surface area contributed by atoms with Crippen LogP contribution in [0.3, 0.4) is 0 Å². The number of halogens is 1. The monoisotopic (exact) mass is 478 g/mol. The number of likely N-dealkylation sites (tertiary alicyclic amines) is 1. The van der Waals surface area contributed by atoms with Crippen LogP contribution in [0.15, 0.2) is 54.9 Å². The third kappa shape index (κ3) is 4.77. The molecule has 2 amide bonds. The first-order valence-corrected chi connectivity index (χ1v) is 12.0. The Morgan fingerprint density at radius 2 is 1.68 bits per heavy atom. The third-order valence-corrected chi connectivity index (χ3v) is 6.88. The first kappa shape index (κ1) is 22.4. The van der Waals surface area contributed by atoms with E-state index in [9.17, 15) is 9.59 Å². The fourth-order valence-electron chi connectivity index (χ4n) is 4.73. The van der Waals surface area contributed by atoms with Crippen molar-refractivity contribution in [3.8, 4) is 11.3 Å². The SMILES string of the molecule is O=C(c1cc(-c2ccncc2)n[nH]1)N1CCC[C@@H](C(=O)N2CCN(c3ccc(Cl)cc3)CC2)C1. The summed E-state index contributed by atoms with van der Waals surface area (Å²) in [6.07, 6.45) is 5.02. The Labute approximate surface area is 203 Å². The van der Waals surface area contributed by atoms with Crippen molar-refractivity contribution in [2.75, 3.05) is 44.2 Å². The molecular formula is C25H27ClN6O2. The number of hydrogen-bond acceptors (Lipinski definition) is 5. The molecule has 9 heteroatoms. The lowest BCUT2D eigenvalue weighted by Gasteiger charge is -2.39. The zero-order valence-electron chi connectivity index (χ0n) is 18.9. The highest BCUT2D eigenvalue weighted by Gasteiger charge is 2.33. The number of carbonyl (C=O) groups excluding carboxylic acids is 2. The van der Waals surface area contributed by atoms with E-state index in [0.717, 1.165) is 42.2 Å². The van der Waals surface area contributed by atoms with E-state index in [1.54, 1.807) is 23.4 Å². The van der Waals surface area contributed by atoms with Gasteiger partial charge in [-0.3, -0.25) is 19.7 Å². The summed E-state index contributed by atoms with van der Waals surface area (Å²) >= 11 is 6.00. The van der Waals surface area contributed by atoms with Gasteiger partial charge in [-0.25, -0.2) is 0 Å². The number of nitrogens with one attached hydrogen (secondary N) is 1. The molecule has 34 heavy (non-hydrogen) atoms. The molecule has 8 nitrogen and oxygen atoms in total. The van der Waals surface area contributed by atoms with Crippen molar-refractivity contribution in [3.05, 3.63) is 65.6 Å². The molecule has 2 fully saturated rings. The number of aromatic nitrogens is 3. The van der Waals surface area contributed by atoms with E-state index in [0.29, 0.717) is 37.6 Å². The van der Waals surface area contributed by atoms with Gasteiger partial charge in [-0.1, -0.05) is 11.6 Å². The minimum Gasteiger partial charge on any atom is -0.368 e. The van der Waals surface area contributed by atoms with E-state index in [1.807, 2.05) is 41.3 Å². The highest BCUT2D eigenvalue weighted by molar-refractivity contribution is 6.30. The Balaban J connectivity index is 1.18. The summed E-state index contributed by atoms with van der Waals surface area (Å²) in [5.74, 6) is -0.129. The van der Waals surface area contributed by atoms with Crippen LogP contribution in [-0.4, -0.2) is 76.1 Å². The molecule has 176 valence electrons. The van der Waals surface area contributed by atoms with Crippen molar-refractivity contribution in [1.82, 2.24) is 25.0 Å². The number of rotatable bonds is 4. The summed E-state index contributed by atoms with van der Waals surface area (Å²) in [4.78, 5) is 36.4. The Bertz CT molecular complexity index is 1140. The molecule has 4 heterocycles. The molecule has 2 aliphatic heterocycles. The van der Waals surface area contributed by atoms with Crippen LogP contribution in [0.1, 0.15) is 23.3 Å². The Morgan fingerprint density at radius 1 is 0.941 bits per heavy atom. The van der Waals surface area contributed by atoms with Crippen LogP contribution in [0.5, 0.6) is 0 Å². The average Bonchev–Trinajstić information content (AvgIpc) is 3.39. The maximum atomic E-state index is 13.3. The number of piperazine rings is 1. The molecule has 5 rings (SSSR count). The van der Waals surface area contributed by atoms with Crippen molar-refractivity contribution in [3.63, 3.8) is 0 Å². The lowest BCUT2D eigenvalue weighted by Crippen LogP contribution is -2.53. The molecule has 0 aliphatic carbocycles. The number of amides is 2. The highest BCUT2D eigenvalue weighted by atomic mass is 35.5. The second-order valence-corrected chi connectivity index (χ2v) is 9.22. The quantitative estimate of drug-likeness (QED) is 0.621. The van der Waals surface area contributed by atoms with Gasteiger partial charge < -0.3 is 14.7 Å². The van der Waals surface area contributed by atoms with E-state index in [2.05, 4.69) is 20.1 Å². The summed E-state index contributed by atoms with van der Waals surface area (Å²) in [7, 11) is 0. The maximum Gasteiger partial charge on any atom is 0.271 e. The van der Waals surface area contributed by atoms with Gasteiger partial charge in [0, 0.05) is 67.9 Å². The largest absolute Gasteiger partial charge is 0.368 e. The number of hydrogen-bond donors (Lipinski definition) is 1. The Morgan fingerprint density at radius 3 is 2.41 bits per heavy atom. The molecule has 2 aromatic heterocycles. The maximum absolute atomic E-state index is 13.3. The van der Waals surface area contributed by atoms with Gasteiger partial charge in [0.1, 0.15) is 5.69 Å². The normalized spacial score (nSPS) is 18.7. The number of pyridine rings is 1. The van der Waals surface area contributed by atoms with Crippen molar-refractivity contribution < 1.29 is 9.59 Å². The minimum absolute atomic E-state index is 0.113. The smallest absolute Gasteiger partial charge is 0.271 e. The summed E-state index contributed by atoms with van der Waals surface area (Å²) in [5.41, 5.74) is 3.16. The van der Waals surface area contributed by atoms with Crippen molar-refractivity contribution in [2.24, 2.45) is 5.92 Å². The topological polar surface area (TPSA) is 85.4 Å². The van der Waals surface area contributed by atoms with Crippen LogP contribution >= 0.6 is 11.6 Å². The molecule has 1 N–H and O–H groups in total. The molecule has 1 aromatic carbocycles. The highest BCUT2D eigenvalue weighted by Crippen LogP contribution is 2.24. The van der Waals surface area contributed by atoms with Crippen molar-refractivity contribution >= 4 is 29.1 Å². The third-order valence-electron chi connectivity index (χ3n) is 6.63. The number of piperidine rings is 1. The number of carbonyl (C=O) groups is 2. The van der Waals surface area contributed by atoms with Gasteiger partial charge in [0.05, 0.1) is 11.6 Å². The second-order valence-electron chi connectivity index (χ2n) is 8.78. The lowest BCUT2D eigenvalue weighted by atomic mass is 9.96. The van der Waals surface area contributed by atoms with E-state index >= 15 is 0 Å². The van der Waals surface area contributed by atoms with Gasteiger partial charge in [-0.15, -0.1) is 0 Å². The zero-order valence-corrected chi connectivity index (χ0v) is 19.6. The van der Waals surface area contributed by atoms with Crippen LogP contribution in [-0.2, 0) is 4.79 Å². The summed E-state index contributed by atoms with van der Waals surface area (Å²) in [6.45, 7) is 4.03. The van der Waals surface area contributed by atoms with Crippen molar-refractivity contribution in [1.29, 1.82) is 0 Å². The lowest BCUT2D eigenvalue weighted by molar-refractivity contribution is -0.137. The van der Waals surface area contributed by atoms with Gasteiger partial charge in [0.15, 0.2) is 0 Å². The van der Waals surface area contributed by atoms with E-state index < -0.39 is 0 Å². The minimum atomic E-state index is -0.164. The van der Waals surface area contributed by atoms with Crippen LogP contribution in [0.25, 0.3) is 11.3 Å². The molecule has 2 saturated heterocycles. The average molecular weight is 479 g/mol. The van der Waals surface area contributed by atoms with Gasteiger partial charge in [0.2, 0.25) is 5.91 Å². The summed E-state index contributed by atoms with van der Waals surface area (Å²) in [5, 5.41) is 7.86. The first-order chi connectivity index (χ1) is 16.6. The zero-order chi connectivity index (χ0) is 23.5. The fraction of sp³-hybridized carbons (Fsp3) is 0.360. The second kappa shape index (κ2) is 9.85. The van der Waals surface area contributed by atoms with Gasteiger partial charge in [-0.05, 0) is 55.3 Å². The van der Waals surface area contributed by atoms with E-state index in [1.165, 1.54) is 0 Å². The van der Waals surface area contributed by atoms with E-state index in [4.69, 9.17) is 11.6 Å². The molecular weight excluding hydrogens is 452 g/mol. The van der Waals surface area contributed by atoms with Crippen LogP contribution < -0.4 is 4.90 Å². The van der Waals surface area contributed by atoms with Gasteiger partial charge in [0.25, 0.3) is 5.91 Å². The predicted octanol–water partition coefficient (Wildman–Crippen LogP) is 3.33. The van der Waals surface area contributed by atoms with E-state index in [-0.39, 0.29) is 17.7 Å². The molecule has 0 spiro atoms. The molecule has 0 saturated carbocycles. The number of H-pyrrole nitrogens is 1. The number of nitrogens with zero attached hydrogens (tertiary/aromatic N) is 5. The molecule has 1 atom stereocenters. The van der Waals surface area contributed by atoms with Crippen LogP contribution in [0.4, 0.5) is 5.69 Å². The summed E-state index contributed by atoms with van der Waals surface area (Å²) < 4.78 is 0. The molecule has 2 aliphatic rings. The molecule has 3 aromatic rings. The Hall–Kier alpha value is -3.39. The van der Waals surface area contributed by atoms with Gasteiger partial charge >= 0.3 is 0 Å². The van der Waals surface area contributed by atoms with Crippen LogP contribution in [0.2, 0.25) is 5.02 Å². The Kier molecular flexibility index (Phi) is 6.49. The van der Waals surface area contributed by atoms with Crippen LogP contribution in [0, 0.1) is 5.92 Å². The number of anilines is 1. The molecule has 0 unspecified atom stereocenters. The van der Waals surface area contributed by atoms with Crippen molar-refractivity contribution in [2.45, 2.75) is 12.8 Å². The molecule has 0 bridgehead atoms. The predicted molar refractivity (Wildman–Crippen MR) is 131 cm³/mol. The first-order valence-electron chi connectivity index (χ1n) is 11.6. The molecule has 0 radical (unpaired) electrons. The number of benzene rings is 1. The number of aromatic amines is 1. The summed E-state index contributed by atoms with van der Waals surface area (Å²) in [6, 6.07) is 13.3. The fourth-order valence-corrected chi connectivity index (χ4v) is 4.86. The standard InChI is InChI=1S/C25H27ClN6O2/c26-20-3-5-21(6-4-20)30-12-14-31(15-13-30)24(33)19-2-1-11-32(17-19)25(34)23-16-22(28-29-23)18-7-9-27-10-8-18/h3-10,16,19H,1-2,11-15,17H2,(H,28,29)/t19-/m1/s1.